The number of hydrogen-bond donors (Lipinski definition) is 3. The van der Waals surface area contributed by atoms with Crippen molar-refractivity contribution in [3.8, 4) is 0 Å². The van der Waals surface area contributed by atoms with Gasteiger partial charge in [-0.05, 0) is 37.5 Å². The first-order valence-electron chi connectivity index (χ1n) is 8.66. The highest BCUT2D eigenvalue weighted by Crippen LogP contribution is 2.17. The minimum Gasteiger partial charge on any atom is -0.453 e. The molecule has 1 heterocycles. The van der Waals surface area contributed by atoms with Gasteiger partial charge in [0.15, 0.2) is 0 Å². The average Bonchev–Trinajstić information content (AvgIpc) is 2.61. The summed E-state index contributed by atoms with van der Waals surface area (Å²) >= 11 is 0. The predicted octanol–water partition coefficient (Wildman–Crippen LogP) is 2.24. The lowest BCUT2D eigenvalue weighted by Gasteiger charge is -2.31. The summed E-state index contributed by atoms with van der Waals surface area (Å²) in [6, 6.07) is 6.92. The lowest BCUT2D eigenvalue weighted by Crippen LogP contribution is -2.49. The molecule has 1 aliphatic heterocycles. The number of piperidine rings is 1. The molecule has 142 valence electrons. The number of nitrogens with one attached hydrogen (secondary N) is 3. The number of anilines is 1. The Balaban J connectivity index is 1.82. The van der Waals surface area contributed by atoms with Crippen molar-refractivity contribution in [2.24, 2.45) is 0 Å². The van der Waals surface area contributed by atoms with E-state index in [4.69, 9.17) is 4.74 Å². The molecule has 0 aromatic heterocycles. The molecule has 0 radical (unpaired) electrons. The van der Waals surface area contributed by atoms with Gasteiger partial charge in [0, 0.05) is 31.7 Å². The van der Waals surface area contributed by atoms with E-state index in [0.29, 0.717) is 31.6 Å². The third-order valence-electron chi connectivity index (χ3n) is 4.32. The predicted molar refractivity (Wildman–Crippen MR) is 97.8 cm³/mol. The fourth-order valence-corrected chi connectivity index (χ4v) is 2.93. The minimum absolute atomic E-state index is 0.0221. The molecule has 1 unspecified atom stereocenters. The molecule has 3 N–H and O–H groups in total. The average molecular weight is 362 g/mol. The summed E-state index contributed by atoms with van der Waals surface area (Å²) < 4.78 is 4.70. The van der Waals surface area contributed by atoms with Gasteiger partial charge in [0.1, 0.15) is 0 Å². The summed E-state index contributed by atoms with van der Waals surface area (Å²) in [5.74, 6) is -0.140. The number of carbonyl (C=O) groups excluding carboxylic acids is 3. The van der Waals surface area contributed by atoms with Crippen LogP contribution < -0.4 is 16.0 Å². The van der Waals surface area contributed by atoms with Crippen molar-refractivity contribution in [2.45, 2.75) is 38.8 Å². The number of methoxy groups -OCH3 is 1. The van der Waals surface area contributed by atoms with Crippen molar-refractivity contribution in [2.75, 3.05) is 25.5 Å². The molecule has 1 fully saturated rings. The summed E-state index contributed by atoms with van der Waals surface area (Å²) in [7, 11) is 1.36. The Hall–Kier alpha value is -2.77. The highest BCUT2D eigenvalue weighted by molar-refractivity contribution is 5.88. The monoisotopic (exact) mass is 362 g/mol. The van der Waals surface area contributed by atoms with E-state index in [0.717, 1.165) is 5.56 Å². The molecule has 0 saturated carbocycles. The van der Waals surface area contributed by atoms with E-state index in [1.807, 2.05) is 25.1 Å². The zero-order valence-electron chi connectivity index (χ0n) is 15.4. The summed E-state index contributed by atoms with van der Waals surface area (Å²) in [6.45, 7) is 4.46. The van der Waals surface area contributed by atoms with Crippen molar-refractivity contribution in [3.63, 3.8) is 0 Å². The second kappa shape index (κ2) is 9.07. The highest BCUT2D eigenvalue weighted by Gasteiger charge is 2.24. The topological polar surface area (TPSA) is 99.8 Å². The summed E-state index contributed by atoms with van der Waals surface area (Å²) in [5.41, 5.74) is 1.59. The Morgan fingerprint density at radius 1 is 1.23 bits per heavy atom. The first kappa shape index (κ1) is 19.6. The second-order valence-electron chi connectivity index (χ2n) is 6.38. The molecule has 0 bridgehead atoms. The van der Waals surface area contributed by atoms with Crippen LogP contribution in [0.5, 0.6) is 0 Å². The number of hydrogen-bond acceptors (Lipinski definition) is 4. The Morgan fingerprint density at radius 3 is 2.54 bits per heavy atom. The molecule has 4 amide bonds. The zero-order chi connectivity index (χ0) is 19.1. The van der Waals surface area contributed by atoms with E-state index >= 15 is 0 Å². The van der Waals surface area contributed by atoms with E-state index in [2.05, 4.69) is 16.0 Å². The van der Waals surface area contributed by atoms with Gasteiger partial charge in [-0.25, -0.2) is 9.59 Å². The molecule has 1 aromatic rings. The van der Waals surface area contributed by atoms with Crippen molar-refractivity contribution < 1.29 is 19.1 Å². The fraction of sp³-hybridized carbons (Fsp3) is 0.500. The third kappa shape index (κ3) is 5.65. The van der Waals surface area contributed by atoms with E-state index < -0.39 is 0 Å². The lowest BCUT2D eigenvalue weighted by atomic mass is 10.1. The standard InChI is InChI=1S/C18H26N4O4/c1-12(14-5-4-6-16(11-14)20-13(2)23)19-17(24)21-15-7-9-22(10-8-15)18(25)26-3/h4-6,11-12,15H,7-10H2,1-3H3,(H,20,23)(H2,19,21,24). The Kier molecular flexibility index (Phi) is 6.82. The maximum atomic E-state index is 12.2. The number of benzene rings is 1. The maximum Gasteiger partial charge on any atom is 0.409 e. The van der Waals surface area contributed by atoms with Crippen LogP contribution >= 0.6 is 0 Å². The van der Waals surface area contributed by atoms with Crippen LogP contribution in [-0.2, 0) is 9.53 Å². The number of amides is 4. The van der Waals surface area contributed by atoms with Crippen LogP contribution in [0.3, 0.4) is 0 Å². The molecule has 8 heteroatoms. The van der Waals surface area contributed by atoms with Crippen LogP contribution in [0.25, 0.3) is 0 Å². The van der Waals surface area contributed by atoms with Gasteiger partial charge in [-0.2, -0.15) is 0 Å². The van der Waals surface area contributed by atoms with Crippen molar-refractivity contribution in [1.29, 1.82) is 0 Å². The summed E-state index contributed by atoms with van der Waals surface area (Å²) in [5, 5.41) is 8.57. The van der Waals surface area contributed by atoms with Gasteiger partial charge >= 0.3 is 12.1 Å². The van der Waals surface area contributed by atoms with Crippen LogP contribution in [0.1, 0.15) is 38.3 Å². The van der Waals surface area contributed by atoms with Crippen molar-refractivity contribution in [1.82, 2.24) is 15.5 Å². The number of rotatable bonds is 4. The SMILES string of the molecule is COC(=O)N1CCC(NC(=O)NC(C)c2cccc(NC(C)=O)c2)CC1. The number of urea groups is 1. The van der Waals surface area contributed by atoms with Crippen LogP contribution in [0.4, 0.5) is 15.3 Å². The number of carbonyl (C=O) groups is 3. The second-order valence-corrected chi connectivity index (χ2v) is 6.38. The van der Waals surface area contributed by atoms with Gasteiger partial charge in [-0.15, -0.1) is 0 Å². The van der Waals surface area contributed by atoms with Gasteiger partial charge in [-0.3, -0.25) is 4.79 Å². The molecule has 1 saturated heterocycles. The summed E-state index contributed by atoms with van der Waals surface area (Å²) in [6.07, 6.45) is 1.05. The largest absolute Gasteiger partial charge is 0.453 e. The van der Waals surface area contributed by atoms with Gasteiger partial charge < -0.3 is 25.6 Å². The molecule has 1 aromatic carbocycles. The van der Waals surface area contributed by atoms with E-state index in [-0.39, 0.29) is 30.1 Å². The van der Waals surface area contributed by atoms with Crippen LogP contribution in [0.2, 0.25) is 0 Å². The first-order chi connectivity index (χ1) is 12.4. The third-order valence-corrected chi connectivity index (χ3v) is 4.32. The quantitative estimate of drug-likeness (QED) is 0.765. The Morgan fingerprint density at radius 2 is 1.92 bits per heavy atom. The zero-order valence-corrected chi connectivity index (χ0v) is 15.4. The molecule has 1 atom stereocenters. The van der Waals surface area contributed by atoms with Crippen LogP contribution in [-0.4, -0.2) is 49.2 Å². The molecular formula is C18H26N4O4. The molecule has 2 rings (SSSR count). The normalized spacial score (nSPS) is 15.7. The first-order valence-corrected chi connectivity index (χ1v) is 8.66. The fourth-order valence-electron chi connectivity index (χ4n) is 2.93. The maximum absolute atomic E-state index is 12.2. The molecule has 0 spiro atoms. The van der Waals surface area contributed by atoms with E-state index in [1.165, 1.54) is 14.0 Å². The number of nitrogens with zero attached hydrogens (tertiary/aromatic N) is 1. The molecule has 0 aliphatic carbocycles. The lowest BCUT2D eigenvalue weighted by molar-refractivity contribution is -0.114. The van der Waals surface area contributed by atoms with Crippen molar-refractivity contribution >= 4 is 23.7 Å². The van der Waals surface area contributed by atoms with Gasteiger partial charge in [0.05, 0.1) is 13.2 Å². The smallest absolute Gasteiger partial charge is 0.409 e. The molecular weight excluding hydrogens is 336 g/mol. The molecule has 8 nitrogen and oxygen atoms in total. The van der Waals surface area contributed by atoms with E-state index in [9.17, 15) is 14.4 Å². The summed E-state index contributed by atoms with van der Waals surface area (Å²) in [4.78, 5) is 36.5. The van der Waals surface area contributed by atoms with Crippen LogP contribution in [0, 0.1) is 0 Å². The van der Waals surface area contributed by atoms with Gasteiger partial charge in [-0.1, -0.05) is 12.1 Å². The highest BCUT2D eigenvalue weighted by atomic mass is 16.5. The molecule has 26 heavy (non-hydrogen) atoms. The van der Waals surface area contributed by atoms with Gasteiger partial charge in [0.2, 0.25) is 5.91 Å². The number of ether oxygens (including phenoxy) is 1. The Bertz CT molecular complexity index is 656. The minimum atomic E-state index is -0.333. The van der Waals surface area contributed by atoms with Gasteiger partial charge in [0.25, 0.3) is 0 Å². The Labute approximate surface area is 153 Å². The van der Waals surface area contributed by atoms with Crippen LogP contribution in [0.15, 0.2) is 24.3 Å². The van der Waals surface area contributed by atoms with E-state index in [1.54, 1.807) is 11.0 Å². The molecule has 1 aliphatic rings. The number of likely N-dealkylation sites (tertiary alicyclic amines) is 1. The van der Waals surface area contributed by atoms with Crippen molar-refractivity contribution in [3.05, 3.63) is 29.8 Å².